The average molecular weight is 378 g/mol. The summed E-state index contributed by atoms with van der Waals surface area (Å²) in [7, 11) is -3.62. The maximum Gasteiger partial charge on any atom is 0.242 e. The van der Waals surface area contributed by atoms with Crippen molar-refractivity contribution in [2.24, 2.45) is 5.41 Å². The highest BCUT2D eigenvalue weighted by molar-refractivity contribution is 9.10. The second kappa shape index (κ2) is 6.36. The second-order valence-electron chi connectivity index (χ2n) is 7.15. The number of benzene rings is 1. The predicted octanol–water partition coefficient (Wildman–Crippen LogP) is 3.43. The first kappa shape index (κ1) is 18.6. The molecule has 0 atom stereocenters. The van der Waals surface area contributed by atoms with E-state index in [1.807, 2.05) is 13.8 Å². The molecular weight excluding hydrogens is 354 g/mol. The smallest absolute Gasteiger partial charge is 0.242 e. The highest BCUT2D eigenvalue weighted by atomic mass is 79.9. The minimum absolute atomic E-state index is 0.0179. The van der Waals surface area contributed by atoms with Crippen molar-refractivity contribution < 1.29 is 13.5 Å². The van der Waals surface area contributed by atoms with Gasteiger partial charge in [0.1, 0.15) is 0 Å². The van der Waals surface area contributed by atoms with Gasteiger partial charge in [0.25, 0.3) is 0 Å². The SMILES string of the molecule is CC(C)(C)CC(C)(C)NS(=O)(=O)c1ccc(CO)cc1Br. The van der Waals surface area contributed by atoms with E-state index in [0.29, 0.717) is 16.5 Å². The molecule has 0 heterocycles. The van der Waals surface area contributed by atoms with Crippen LogP contribution < -0.4 is 4.72 Å². The fraction of sp³-hybridized carbons (Fsp3) is 0.600. The number of halogens is 1. The lowest BCUT2D eigenvalue weighted by Gasteiger charge is -2.33. The van der Waals surface area contributed by atoms with Crippen LogP contribution in [0.15, 0.2) is 27.6 Å². The third-order valence-corrected chi connectivity index (χ3v) is 5.53. The van der Waals surface area contributed by atoms with Crippen molar-refractivity contribution in [3.8, 4) is 0 Å². The van der Waals surface area contributed by atoms with Crippen LogP contribution >= 0.6 is 15.9 Å². The molecule has 0 saturated carbocycles. The average Bonchev–Trinajstić information content (AvgIpc) is 2.22. The predicted molar refractivity (Wildman–Crippen MR) is 88.5 cm³/mol. The van der Waals surface area contributed by atoms with Gasteiger partial charge < -0.3 is 5.11 Å². The maximum absolute atomic E-state index is 12.6. The van der Waals surface area contributed by atoms with Crippen molar-refractivity contribution in [1.29, 1.82) is 0 Å². The Balaban J connectivity index is 3.07. The van der Waals surface area contributed by atoms with E-state index in [0.717, 1.165) is 0 Å². The van der Waals surface area contributed by atoms with Gasteiger partial charge in [-0.1, -0.05) is 26.8 Å². The van der Waals surface area contributed by atoms with E-state index in [4.69, 9.17) is 5.11 Å². The molecule has 0 amide bonds. The zero-order valence-electron chi connectivity index (χ0n) is 13.2. The lowest BCUT2D eigenvalue weighted by atomic mass is 9.82. The molecule has 0 aliphatic heterocycles. The standard InChI is InChI=1S/C15H24BrNO3S/c1-14(2,3)10-15(4,5)17-21(19,20)13-7-6-11(9-18)8-12(13)16/h6-8,17-18H,9-10H2,1-5H3. The molecule has 2 N–H and O–H groups in total. The fourth-order valence-corrected chi connectivity index (χ4v) is 5.18. The minimum Gasteiger partial charge on any atom is -0.392 e. The number of rotatable bonds is 5. The monoisotopic (exact) mass is 377 g/mol. The van der Waals surface area contributed by atoms with Crippen molar-refractivity contribution in [2.45, 2.75) is 58.1 Å². The van der Waals surface area contributed by atoms with Crippen LogP contribution in [0, 0.1) is 5.41 Å². The van der Waals surface area contributed by atoms with Gasteiger partial charge in [0.05, 0.1) is 11.5 Å². The molecule has 0 radical (unpaired) electrons. The zero-order chi connectivity index (χ0) is 16.5. The highest BCUT2D eigenvalue weighted by Gasteiger charge is 2.31. The Morgan fingerprint density at radius 3 is 2.19 bits per heavy atom. The molecule has 1 rings (SSSR count). The van der Waals surface area contributed by atoms with Crippen LogP contribution in [0.3, 0.4) is 0 Å². The molecule has 21 heavy (non-hydrogen) atoms. The maximum atomic E-state index is 12.6. The zero-order valence-corrected chi connectivity index (χ0v) is 15.6. The van der Waals surface area contributed by atoms with E-state index < -0.39 is 15.6 Å². The van der Waals surface area contributed by atoms with E-state index >= 15 is 0 Å². The molecule has 0 aliphatic rings. The minimum atomic E-state index is -3.62. The van der Waals surface area contributed by atoms with Crippen LogP contribution in [0.4, 0.5) is 0 Å². The van der Waals surface area contributed by atoms with Crippen LogP contribution in [0.25, 0.3) is 0 Å². The Morgan fingerprint density at radius 2 is 1.76 bits per heavy atom. The van der Waals surface area contributed by atoms with E-state index in [1.54, 1.807) is 12.1 Å². The van der Waals surface area contributed by atoms with Gasteiger partial charge in [-0.2, -0.15) is 0 Å². The first-order chi connectivity index (χ1) is 9.36. The molecule has 120 valence electrons. The third kappa shape index (κ3) is 5.70. The lowest BCUT2D eigenvalue weighted by molar-refractivity contribution is 0.269. The summed E-state index contributed by atoms with van der Waals surface area (Å²) in [6.07, 6.45) is 0.714. The summed E-state index contributed by atoms with van der Waals surface area (Å²) >= 11 is 3.26. The van der Waals surface area contributed by atoms with Gasteiger partial charge in [0.15, 0.2) is 0 Å². The summed E-state index contributed by atoms with van der Waals surface area (Å²) in [5.41, 5.74) is 0.130. The van der Waals surface area contributed by atoms with Gasteiger partial charge >= 0.3 is 0 Å². The lowest BCUT2D eigenvalue weighted by Crippen LogP contribution is -2.45. The third-order valence-electron chi connectivity index (χ3n) is 2.85. The van der Waals surface area contributed by atoms with Crippen LogP contribution in [-0.4, -0.2) is 19.1 Å². The summed E-state index contributed by atoms with van der Waals surface area (Å²) in [5.74, 6) is 0. The molecule has 0 aliphatic carbocycles. The van der Waals surface area contributed by atoms with E-state index in [9.17, 15) is 8.42 Å². The molecule has 0 saturated heterocycles. The molecule has 0 aromatic heterocycles. The largest absolute Gasteiger partial charge is 0.392 e. The Morgan fingerprint density at radius 1 is 1.19 bits per heavy atom. The Kier molecular flexibility index (Phi) is 5.64. The Bertz CT molecular complexity index is 604. The van der Waals surface area contributed by atoms with Crippen LogP contribution in [0.5, 0.6) is 0 Å². The summed E-state index contributed by atoms with van der Waals surface area (Å²) in [6.45, 7) is 9.87. The first-order valence-corrected chi connectivity index (χ1v) is 9.07. The normalized spacial score (nSPS) is 13.5. The van der Waals surface area contributed by atoms with E-state index in [-0.39, 0.29) is 16.9 Å². The topological polar surface area (TPSA) is 66.4 Å². The Hall–Kier alpha value is -0.430. The second-order valence-corrected chi connectivity index (χ2v) is 9.65. The van der Waals surface area contributed by atoms with E-state index in [2.05, 4.69) is 41.4 Å². The number of sulfonamides is 1. The van der Waals surface area contributed by atoms with Gasteiger partial charge in [0, 0.05) is 10.0 Å². The van der Waals surface area contributed by atoms with Crippen molar-refractivity contribution in [3.63, 3.8) is 0 Å². The van der Waals surface area contributed by atoms with Gasteiger partial charge in [-0.3, -0.25) is 0 Å². The molecule has 0 spiro atoms. The van der Waals surface area contributed by atoms with Crippen LogP contribution in [0.2, 0.25) is 0 Å². The summed E-state index contributed by atoms with van der Waals surface area (Å²) in [6, 6.07) is 4.73. The molecule has 0 bridgehead atoms. The highest BCUT2D eigenvalue weighted by Crippen LogP contribution is 2.30. The van der Waals surface area contributed by atoms with Gasteiger partial charge in [-0.15, -0.1) is 0 Å². The molecule has 0 fully saturated rings. The molecule has 6 heteroatoms. The van der Waals surface area contributed by atoms with Gasteiger partial charge in [0.2, 0.25) is 10.0 Å². The van der Waals surface area contributed by atoms with Gasteiger partial charge in [-0.25, -0.2) is 13.1 Å². The Labute approximate surface area is 136 Å². The summed E-state index contributed by atoms with van der Waals surface area (Å²) < 4.78 is 28.3. The number of nitrogens with one attached hydrogen (secondary N) is 1. The molecular formula is C15H24BrNO3S. The van der Waals surface area contributed by atoms with Crippen molar-refractivity contribution in [3.05, 3.63) is 28.2 Å². The van der Waals surface area contributed by atoms with Crippen LogP contribution in [0.1, 0.15) is 46.6 Å². The molecule has 4 nitrogen and oxygen atoms in total. The molecule has 1 aromatic rings. The number of hydrogen-bond acceptors (Lipinski definition) is 3. The molecule has 1 aromatic carbocycles. The summed E-state index contributed by atoms with van der Waals surface area (Å²) in [5, 5.41) is 9.08. The number of hydrogen-bond donors (Lipinski definition) is 2. The summed E-state index contributed by atoms with van der Waals surface area (Å²) in [4.78, 5) is 0.182. The van der Waals surface area contributed by atoms with Crippen molar-refractivity contribution in [2.75, 3.05) is 0 Å². The van der Waals surface area contributed by atoms with Crippen molar-refractivity contribution >= 4 is 26.0 Å². The first-order valence-electron chi connectivity index (χ1n) is 6.80. The molecule has 0 unspecified atom stereocenters. The van der Waals surface area contributed by atoms with E-state index in [1.165, 1.54) is 6.07 Å². The van der Waals surface area contributed by atoms with Gasteiger partial charge in [-0.05, 0) is 59.3 Å². The number of aliphatic hydroxyl groups is 1. The number of aliphatic hydroxyl groups excluding tert-OH is 1. The quantitative estimate of drug-likeness (QED) is 0.825. The van der Waals surface area contributed by atoms with Crippen LogP contribution in [-0.2, 0) is 16.6 Å². The fourth-order valence-electron chi connectivity index (χ4n) is 2.64. The van der Waals surface area contributed by atoms with Crippen molar-refractivity contribution in [1.82, 2.24) is 4.72 Å².